The van der Waals surface area contributed by atoms with Gasteiger partial charge in [0.15, 0.2) is 0 Å². The number of anilines is 1. The molecule has 10 heteroatoms. The molecule has 2 aromatic heterocycles. The van der Waals surface area contributed by atoms with Crippen molar-refractivity contribution in [3.05, 3.63) is 29.3 Å². The highest BCUT2D eigenvalue weighted by atomic mass is 19.3. The first kappa shape index (κ1) is 18.0. The first-order valence-corrected chi connectivity index (χ1v) is 7.25. The molecule has 132 valence electrons. The number of hydrogen-bond donors (Lipinski definition) is 1. The van der Waals surface area contributed by atoms with Gasteiger partial charge < -0.3 is 5.32 Å². The smallest absolute Gasteiger partial charge is 0.282 e. The fourth-order valence-corrected chi connectivity index (χ4v) is 2.24. The number of alkyl halides is 4. The highest BCUT2D eigenvalue weighted by molar-refractivity contribution is 5.93. The quantitative estimate of drug-likeness (QED) is 0.814. The number of rotatable bonds is 6. The largest absolute Gasteiger partial charge is 0.321 e. The molecule has 0 saturated heterocycles. The highest BCUT2D eigenvalue weighted by Crippen LogP contribution is 2.28. The first-order chi connectivity index (χ1) is 11.3. The van der Waals surface area contributed by atoms with Gasteiger partial charge in [0.1, 0.15) is 17.4 Å². The molecule has 1 N–H and O–H groups in total. The van der Waals surface area contributed by atoms with Crippen molar-refractivity contribution < 1.29 is 22.4 Å². The molecule has 0 aliphatic heterocycles. The van der Waals surface area contributed by atoms with E-state index < -0.39 is 36.2 Å². The Balaban J connectivity index is 2.25. The average molecular weight is 347 g/mol. The van der Waals surface area contributed by atoms with Crippen LogP contribution in [0.1, 0.15) is 49.8 Å². The van der Waals surface area contributed by atoms with Crippen LogP contribution in [0.4, 0.5) is 23.2 Å². The summed E-state index contributed by atoms with van der Waals surface area (Å²) in [6.07, 6.45) is -4.58. The summed E-state index contributed by atoms with van der Waals surface area (Å²) in [5.41, 5.74) is -0.400. The van der Waals surface area contributed by atoms with Gasteiger partial charge in [-0.2, -0.15) is 10.2 Å². The summed E-state index contributed by atoms with van der Waals surface area (Å²) < 4.78 is 53.7. The van der Waals surface area contributed by atoms with Crippen molar-refractivity contribution in [2.24, 2.45) is 0 Å². The van der Waals surface area contributed by atoms with Crippen molar-refractivity contribution in [3.8, 4) is 0 Å². The van der Waals surface area contributed by atoms with Crippen LogP contribution in [0.15, 0.2) is 12.3 Å². The van der Waals surface area contributed by atoms with Crippen molar-refractivity contribution >= 4 is 11.6 Å². The van der Waals surface area contributed by atoms with E-state index in [1.807, 2.05) is 6.92 Å². The molecule has 24 heavy (non-hydrogen) atoms. The Hall–Kier alpha value is -2.39. The van der Waals surface area contributed by atoms with E-state index in [2.05, 4.69) is 15.5 Å². The van der Waals surface area contributed by atoms with E-state index >= 15 is 0 Å². The minimum absolute atomic E-state index is 0.425. The number of carbonyl (C=O) groups is 1. The molecule has 2 aromatic rings. The zero-order chi connectivity index (χ0) is 18.0. The summed E-state index contributed by atoms with van der Waals surface area (Å²) in [6, 6.07) is -0.578. The predicted octanol–water partition coefficient (Wildman–Crippen LogP) is 3.48. The number of nitrogens with one attached hydrogen (secondary N) is 1. The summed E-state index contributed by atoms with van der Waals surface area (Å²) >= 11 is 0. The molecule has 0 spiro atoms. The van der Waals surface area contributed by atoms with Gasteiger partial charge in [0.25, 0.3) is 12.9 Å². The van der Waals surface area contributed by atoms with Crippen molar-refractivity contribution in [3.63, 3.8) is 0 Å². The molecule has 0 aliphatic rings. The monoisotopic (exact) mass is 347 g/mol. The van der Waals surface area contributed by atoms with Crippen LogP contribution in [0, 0.1) is 6.92 Å². The second kappa shape index (κ2) is 7.02. The van der Waals surface area contributed by atoms with Gasteiger partial charge in [0.05, 0.1) is 17.6 Å². The number of aryl methyl sites for hydroxylation is 1. The van der Waals surface area contributed by atoms with Crippen LogP contribution in [0.2, 0.25) is 0 Å². The Morgan fingerprint density at radius 1 is 1.29 bits per heavy atom. The average Bonchev–Trinajstić information content (AvgIpc) is 3.11. The highest BCUT2D eigenvalue weighted by Gasteiger charge is 2.27. The van der Waals surface area contributed by atoms with Gasteiger partial charge in [0.2, 0.25) is 5.91 Å². The van der Waals surface area contributed by atoms with Gasteiger partial charge in [-0.05, 0) is 26.8 Å². The molecule has 2 rings (SSSR count). The number of halogens is 4. The lowest BCUT2D eigenvalue weighted by Gasteiger charge is -2.15. The lowest BCUT2D eigenvalue weighted by molar-refractivity contribution is -0.119. The Morgan fingerprint density at radius 3 is 2.46 bits per heavy atom. The van der Waals surface area contributed by atoms with E-state index in [1.54, 1.807) is 11.6 Å². The zero-order valence-corrected chi connectivity index (χ0v) is 13.3. The molecule has 0 aliphatic carbocycles. The fourth-order valence-electron chi connectivity index (χ4n) is 2.24. The molecule has 1 amide bonds. The Morgan fingerprint density at radius 2 is 1.96 bits per heavy atom. The molecule has 0 fully saturated rings. The van der Waals surface area contributed by atoms with E-state index in [0.717, 1.165) is 0 Å². The van der Waals surface area contributed by atoms with Crippen molar-refractivity contribution in [2.75, 3.05) is 5.32 Å². The van der Waals surface area contributed by atoms with Crippen molar-refractivity contribution in [1.82, 2.24) is 19.6 Å². The molecule has 2 heterocycles. The molecule has 6 nitrogen and oxygen atoms in total. The predicted molar refractivity (Wildman–Crippen MR) is 78.1 cm³/mol. The maximum Gasteiger partial charge on any atom is 0.282 e. The fraction of sp³-hybridized carbons (Fsp3) is 0.500. The summed E-state index contributed by atoms with van der Waals surface area (Å²) in [6.45, 7) is 5.52. The summed E-state index contributed by atoms with van der Waals surface area (Å²) in [5.74, 6) is -0.653. The zero-order valence-electron chi connectivity index (χ0n) is 13.3. The molecular weight excluding hydrogens is 330 g/mol. The van der Waals surface area contributed by atoms with Crippen molar-refractivity contribution in [2.45, 2.75) is 46.2 Å². The third kappa shape index (κ3) is 3.41. The second-order valence-corrected chi connectivity index (χ2v) is 5.16. The third-order valence-electron chi connectivity index (χ3n) is 3.64. The summed E-state index contributed by atoms with van der Waals surface area (Å²) in [7, 11) is 0. The van der Waals surface area contributed by atoms with Crippen LogP contribution in [0.3, 0.4) is 0 Å². The van der Waals surface area contributed by atoms with E-state index in [1.165, 1.54) is 13.1 Å². The molecular formula is C14H17F4N5O. The van der Waals surface area contributed by atoms with E-state index in [9.17, 15) is 22.4 Å². The van der Waals surface area contributed by atoms with Gasteiger partial charge in [-0.3, -0.25) is 14.2 Å². The van der Waals surface area contributed by atoms with Crippen molar-refractivity contribution in [1.29, 1.82) is 0 Å². The lowest BCUT2D eigenvalue weighted by atomic mass is 10.2. The summed E-state index contributed by atoms with van der Waals surface area (Å²) in [5, 5.41) is 10.0. The number of aromatic nitrogens is 4. The maximum absolute atomic E-state index is 13.0. The van der Waals surface area contributed by atoms with Crippen LogP contribution < -0.4 is 5.32 Å². The van der Waals surface area contributed by atoms with Gasteiger partial charge in [0, 0.05) is 6.54 Å². The minimum atomic E-state index is -3.02. The van der Waals surface area contributed by atoms with Crippen LogP contribution in [-0.2, 0) is 11.3 Å². The maximum atomic E-state index is 13.0. The van der Waals surface area contributed by atoms with Gasteiger partial charge in [-0.25, -0.2) is 17.6 Å². The molecule has 0 bridgehead atoms. The Kier molecular flexibility index (Phi) is 5.25. The normalized spacial score (nSPS) is 12.9. The number of amides is 1. The number of carbonyl (C=O) groups excluding carboxylic acids is 1. The minimum Gasteiger partial charge on any atom is -0.321 e. The molecule has 0 saturated carbocycles. The van der Waals surface area contributed by atoms with Crippen LogP contribution >= 0.6 is 0 Å². The third-order valence-corrected chi connectivity index (χ3v) is 3.64. The van der Waals surface area contributed by atoms with Crippen LogP contribution in [0.25, 0.3) is 0 Å². The Bertz CT molecular complexity index is 725. The Labute approximate surface area is 135 Å². The van der Waals surface area contributed by atoms with E-state index in [0.29, 0.717) is 28.7 Å². The second-order valence-electron chi connectivity index (χ2n) is 5.16. The van der Waals surface area contributed by atoms with Crippen LogP contribution in [0.5, 0.6) is 0 Å². The van der Waals surface area contributed by atoms with E-state index in [4.69, 9.17) is 0 Å². The van der Waals surface area contributed by atoms with Gasteiger partial charge in [-0.1, -0.05) is 0 Å². The van der Waals surface area contributed by atoms with Gasteiger partial charge in [-0.15, -0.1) is 0 Å². The number of hydrogen-bond acceptors (Lipinski definition) is 3. The lowest BCUT2D eigenvalue weighted by Crippen LogP contribution is -2.26. The molecule has 1 atom stereocenters. The molecule has 1 unspecified atom stereocenters. The van der Waals surface area contributed by atoms with E-state index in [-0.39, 0.29) is 0 Å². The molecule has 0 radical (unpaired) electrons. The number of nitrogens with zero attached hydrogens (tertiary/aromatic N) is 4. The topological polar surface area (TPSA) is 64.7 Å². The van der Waals surface area contributed by atoms with Crippen LogP contribution in [-0.4, -0.2) is 25.5 Å². The SMILES string of the molecule is CCn1ncc(NC(=O)C(C)n2nc(C(F)F)cc2C(F)F)c1C. The summed E-state index contributed by atoms with van der Waals surface area (Å²) in [4.78, 5) is 12.3. The van der Waals surface area contributed by atoms with Gasteiger partial charge >= 0.3 is 0 Å². The first-order valence-electron chi connectivity index (χ1n) is 7.25. The molecule has 0 aromatic carbocycles. The standard InChI is InChI=1S/C14H17F4N5O/c1-4-22-7(2)10(6-19-22)20-14(24)8(3)23-11(13(17)18)5-9(21-23)12(15)16/h5-6,8,12-13H,4H2,1-3H3,(H,20,24).